The summed E-state index contributed by atoms with van der Waals surface area (Å²) in [5, 5.41) is 19.3. The number of rotatable bonds is 2. The number of phenolic OH excluding ortho intramolecular Hbond substituents is 2. The van der Waals surface area contributed by atoms with E-state index < -0.39 is 0 Å². The molecule has 0 aliphatic carbocycles. The standard InChI is InChI=1S/C16H18O3/c1-9-11(3)15(7-5-13(9)17)19-16-8-6-14(18)10(2)12(16)4/h5-8,17-18H,1-4H3. The van der Waals surface area contributed by atoms with Crippen LogP contribution < -0.4 is 4.74 Å². The SMILES string of the molecule is Cc1c(O)ccc(Oc2ccc(O)c(C)c2C)c1C. The van der Waals surface area contributed by atoms with Crippen molar-refractivity contribution in [3.8, 4) is 23.0 Å². The summed E-state index contributed by atoms with van der Waals surface area (Å²) in [6.07, 6.45) is 0. The molecular weight excluding hydrogens is 240 g/mol. The van der Waals surface area contributed by atoms with Crippen molar-refractivity contribution in [2.45, 2.75) is 27.7 Å². The summed E-state index contributed by atoms with van der Waals surface area (Å²) >= 11 is 0. The van der Waals surface area contributed by atoms with Crippen LogP contribution in [0.2, 0.25) is 0 Å². The maximum absolute atomic E-state index is 9.64. The minimum atomic E-state index is 0.267. The summed E-state index contributed by atoms with van der Waals surface area (Å²) in [5.41, 5.74) is 3.44. The van der Waals surface area contributed by atoms with Gasteiger partial charge in [-0.1, -0.05) is 0 Å². The second-order valence-corrected chi connectivity index (χ2v) is 4.77. The first-order valence-corrected chi connectivity index (χ1v) is 6.18. The number of aromatic hydroxyl groups is 2. The van der Waals surface area contributed by atoms with Crippen LogP contribution in [0.25, 0.3) is 0 Å². The highest BCUT2D eigenvalue weighted by atomic mass is 16.5. The van der Waals surface area contributed by atoms with Gasteiger partial charge in [0.15, 0.2) is 0 Å². The molecule has 0 fully saturated rings. The highest BCUT2D eigenvalue weighted by molar-refractivity contribution is 5.51. The van der Waals surface area contributed by atoms with Crippen LogP contribution in [0.4, 0.5) is 0 Å². The molecule has 0 heterocycles. The van der Waals surface area contributed by atoms with Crippen molar-refractivity contribution in [2.24, 2.45) is 0 Å². The van der Waals surface area contributed by atoms with Gasteiger partial charge in [-0.2, -0.15) is 0 Å². The molecule has 0 amide bonds. The molecule has 0 spiro atoms. The third-order valence-corrected chi connectivity index (χ3v) is 3.64. The Hall–Kier alpha value is -2.16. The van der Waals surface area contributed by atoms with E-state index in [0.29, 0.717) is 11.5 Å². The van der Waals surface area contributed by atoms with Crippen LogP contribution in [-0.4, -0.2) is 10.2 Å². The van der Waals surface area contributed by atoms with Crippen molar-refractivity contribution in [2.75, 3.05) is 0 Å². The molecule has 0 aliphatic rings. The Labute approximate surface area is 113 Å². The van der Waals surface area contributed by atoms with Crippen LogP contribution in [0.1, 0.15) is 22.3 Å². The van der Waals surface area contributed by atoms with E-state index in [1.807, 2.05) is 27.7 Å². The van der Waals surface area contributed by atoms with Gasteiger partial charge in [-0.25, -0.2) is 0 Å². The van der Waals surface area contributed by atoms with E-state index in [0.717, 1.165) is 22.3 Å². The van der Waals surface area contributed by atoms with Crippen molar-refractivity contribution < 1.29 is 14.9 Å². The minimum Gasteiger partial charge on any atom is -0.508 e. The number of hydrogen-bond donors (Lipinski definition) is 2. The molecule has 0 aromatic heterocycles. The van der Waals surface area contributed by atoms with E-state index in [1.165, 1.54) is 0 Å². The number of phenols is 2. The van der Waals surface area contributed by atoms with Gasteiger partial charge in [0.1, 0.15) is 23.0 Å². The van der Waals surface area contributed by atoms with Gasteiger partial charge in [-0.15, -0.1) is 0 Å². The fourth-order valence-corrected chi connectivity index (χ4v) is 1.90. The van der Waals surface area contributed by atoms with Gasteiger partial charge in [0.05, 0.1) is 0 Å². The Balaban J connectivity index is 2.43. The lowest BCUT2D eigenvalue weighted by molar-refractivity contribution is 0.450. The topological polar surface area (TPSA) is 49.7 Å². The van der Waals surface area contributed by atoms with E-state index in [1.54, 1.807) is 24.3 Å². The summed E-state index contributed by atoms with van der Waals surface area (Å²) < 4.78 is 5.89. The fraction of sp³-hybridized carbons (Fsp3) is 0.250. The molecule has 0 unspecified atom stereocenters. The number of benzene rings is 2. The van der Waals surface area contributed by atoms with E-state index in [9.17, 15) is 10.2 Å². The van der Waals surface area contributed by atoms with Crippen molar-refractivity contribution in [1.82, 2.24) is 0 Å². The average Bonchev–Trinajstić information content (AvgIpc) is 2.39. The van der Waals surface area contributed by atoms with E-state index >= 15 is 0 Å². The Morgan fingerprint density at radius 2 is 1.00 bits per heavy atom. The van der Waals surface area contributed by atoms with Crippen LogP contribution in [0.5, 0.6) is 23.0 Å². The molecule has 2 aromatic carbocycles. The van der Waals surface area contributed by atoms with Crippen molar-refractivity contribution in [3.63, 3.8) is 0 Å². The number of hydrogen-bond acceptors (Lipinski definition) is 3. The van der Waals surface area contributed by atoms with E-state index in [4.69, 9.17) is 4.74 Å². The molecule has 0 saturated heterocycles. The normalized spacial score (nSPS) is 10.5. The summed E-state index contributed by atoms with van der Waals surface area (Å²) in [4.78, 5) is 0. The van der Waals surface area contributed by atoms with Gasteiger partial charge < -0.3 is 14.9 Å². The number of ether oxygens (including phenoxy) is 1. The van der Waals surface area contributed by atoms with Crippen LogP contribution in [-0.2, 0) is 0 Å². The molecule has 19 heavy (non-hydrogen) atoms. The second kappa shape index (κ2) is 4.84. The molecule has 3 nitrogen and oxygen atoms in total. The quantitative estimate of drug-likeness (QED) is 0.851. The minimum absolute atomic E-state index is 0.267. The smallest absolute Gasteiger partial charge is 0.130 e. The van der Waals surface area contributed by atoms with Gasteiger partial charge in [0.2, 0.25) is 0 Å². The molecule has 2 rings (SSSR count). The molecule has 100 valence electrons. The molecule has 3 heteroatoms. The van der Waals surface area contributed by atoms with Crippen LogP contribution in [0.15, 0.2) is 24.3 Å². The monoisotopic (exact) mass is 258 g/mol. The maximum atomic E-state index is 9.64. The zero-order valence-electron chi connectivity index (χ0n) is 11.6. The lowest BCUT2D eigenvalue weighted by Crippen LogP contribution is -1.94. The molecule has 0 radical (unpaired) electrons. The van der Waals surface area contributed by atoms with Crippen LogP contribution >= 0.6 is 0 Å². The molecule has 0 bridgehead atoms. The molecule has 0 atom stereocenters. The van der Waals surface area contributed by atoms with E-state index in [2.05, 4.69) is 0 Å². The fourth-order valence-electron chi connectivity index (χ4n) is 1.90. The highest BCUT2D eigenvalue weighted by Crippen LogP contribution is 2.35. The molecule has 0 saturated carbocycles. The zero-order valence-corrected chi connectivity index (χ0v) is 11.6. The van der Waals surface area contributed by atoms with Crippen LogP contribution in [0.3, 0.4) is 0 Å². The van der Waals surface area contributed by atoms with Gasteiger partial charge in [0, 0.05) is 0 Å². The Kier molecular flexibility index (Phi) is 3.38. The van der Waals surface area contributed by atoms with Gasteiger partial charge >= 0.3 is 0 Å². The molecule has 2 N–H and O–H groups in total. The summed E-state index contributed by atoms with van der Waals surface area (Å²) in [5.74, 6) is 1.96. The van der Waals surface area contributed by atoms with Gasteiger partial charge in [-0.3, -0.25) is 0 Å². The summed E-state index contributed by atoms with van der Waals surface area (Å²) in [6.45, 7) is 7.53. The maximum Gasteiger partial charge on any atom is 0.130 e. The van der Waals surface area contributed by atoms with Crippen molar-refractivity contribution in [1.29, 1.82) is 0 Å². The lowest BCUT2D eigenvalue weighted by atomic mass is 10.1. The van der Waals surface area contributed by atoms with Gasteiger partial charge in [0.25, 0.3) is 0 Å². The molecule has 2 aromatic rings. The summed E-state index contributed by atoms with van der Waals surface area (Å²) in [6, 6.07) is 6.75. The Morgan fingerprint density at radius 3 is 1.37 bits per heavy atom. The van der Waals surface area contributed by atoms with E-state index in [-0.39, 0.29) is 11.5 Å². The third-order valence-electron chi connectivity index (χ3n) is 3.64. The largest absolute Gasteiger partial charge is 0.508 e. The predicted molar refractivity (Wildman–Crippen MR) is 75.2 cm³/mol. The Bertz CT molecular complexity index is 575. The predicted octanol–water partition coefficient (Wildman–Crippen LogP) is 4.12. The third kappa shape index (κ3) is 2.36. The Morgan fingerprint density at radius 1 is 0.632 bits per heavy atom. The van der Waals surface area contributed by atoms with Gasteiger partial charge in [-0.05, 0) is 74.2 Å². The first-order valence-electron chi connectivity index (χ1n) is 6.18. The highest BCUT2D eigenvalue weighted by Gasteiger charge is 2.11. The molecule has 0 aliphatic heterocycles. The zero-order chi connectivity index (χ0) is 14.2. The summed E-state index contributed by atoms with van der Waals surface area (Å²) in [7, 11) is 0. The first kappa shape index (κ1) is 13.3. The second-order valence-electron chi connectivity index (χ2n) is 4.77. The molecular formula is C16H18O3. The first-order chi connectivity index (χ1) is 8.91. The van der Waals surface area contributed by atoms with Crippen LogP contribution in [0, 0.1) is 27.7 Å². The van der Waals surface area contributed by atoms with Crippen molar-refractivity contribution in [3.05, 3.63) is 46.5 Å². The lowest BCUT2D eigenvalue weighted by Gasteiger charge is -2.15. The van der Waals surface area contributed by atoms with Crippen molar-refractivity contribution >= 4 is 0 Å². The average molecular weight is 258 g/mol.